The van der Waals surface area contributed by atoms with Crippen LogP contribution in [-0.4, -0.2) is 10.8 Å². The maximum absolute atomic E-state index is 13.3. The maximum atomic E-state index is 13.3. The zero-order chi connectivity index (χ0) is 17.7. The minimum absolute atomic E-state index is 0.371. The fraction of sp³-hybridized carbons (Fsp3) is 0.222. The number of nitrogens with zero attached hydrogens (tertiary/aromatic N) is 2. The highest BCUT2D eigenvalue weighted by Crippen LogP contribution is 2.39. The number of halogens is 3. The van der Waals surface area contributed by atoms with Crippen LogP contribution in [0, 0.1) is 25.5 Å². The monoisotopic (exact) mass is 377 g/mol. The molecular formula is C18H14ClF2N3S. The van der Waals surface area contributed by atoms with Gasteiger partial charge in [0.15, 0.2) is 11.6 Å². The van der Waals surface area contributed by atoms with E-state index in [1.165, 1.54) is 6.07 Å². The van der Waals surface area contributed by atoms with Gasteiger partial charge < -0.3 is 5.32 Å². The van der Waals surface area contributed by atoms with E-state index in [1.54, 1.807) is 17.4 Å². The summed E-state index contributed by atoms with van der Waals surface area (Å²) in [5.74, 6) is -0.932. The summed E-state index contributed by atoms with van der Waals surface area (Å²) in [4.78, 5) is 11.1. The molecule has 3 nitrogen and oxygen atoms in total. The molecule has 7 heteroatoms. The molecule has 0 spiro atoms. The molecule has 4 rings (SSSR count). The number of amidine groups is 1. The molecule has 3 aromatic rings. The van der Waals surface area contributed by atoms with Crippen molar-refractivity contribution >= 4 is 39.0 Å². The first-order valence-corrected chi connectivity index (χ1v) is 8.96. The zero-order valence-electron chi connectivity index (χ0n) is 13.6. The first kappa shape index (κ1) is 16.4. The molecule has 0 amide bonds. The lowest BCUT2D eigenvalue weighted by Crippen LogP contribution is -2.21. The molecule has 0 saturated heterocycles. The van der Waals surface area contributed by atoms with E-state index in [4.69, 9.17) is 11.6 Å². The summed E-state index contributed by atoms with van der Waals surface area (Å²) in [6, 6.07) is 3.88. The van der Waals surface area contributed by atoms with Gasteiger partial charge in [0, 0.05) is 17.5 Å². The average Bonchev–Trinajstić information content (AvgIpc) is 3.12. The van der Waals surface area contributed by atoms with Crippen LogP contribution in [0.4, 0.5) is 8.78 Å². The average molecular weight is 378 g/mol. The van der Waals surface area contributed by atoms with E-state index < -0.39 is 11.6 Å². The van der Waals surface area contributed by atoms with Crippen LogP contribution < -0.4 is 5.32 Å². The van der Waals surface area contributed by atoms with Gasteiger partial charge in [-0.15, -0.1) is 11.3 Å². The number of nitrogens with one attached hydrogen (secondary N) is 1. The molecule has 25 heavy (non-hydrogen) atoms. The van der Waals surface area contributed by atoms with Crippen LogP contribution in [0.15, 0.2) is 23.2 Å². The lowest BCUT2D eigenvalue weighted by Gasteiger charge is -2.06. The van der Waals surface area contributed by atoms with Crippen molar-refractivity contribution in [3.63, 3.8) is 0 Å². The van der Waals surface area contributed by atoms with Crippen molar-refractivity contribution < 1.29 is 8.78 Å². The molecule has 128 valence electrons. The Morgan fingerprint density at radius 2 is 2.04 bits per heavy atom. The van der Waals surface area contributed by atoms with Gasteiger partial charge in [-0.25, -0.2) is 13.8 Å². The highest BCUT2D eigenvalue weighted by molar-refractivity contribution is 7.20. The van der Waals surface area contributed by atoms with Gasteiger partial charge in [0.25, 0.3) is 0 Å². The second-order valence-corrected chi connectivity index (χ2v) is 7.37. The second kappa shape index (κ2) is 6.04. The Kier molecular flexibility index (Phi) is 3.96. The predicted molar refractivity (Wildman–Crippen MR) is 97.5 cm³/mol. The van der Waals surface area contributed by atoms with Crippen molar-refractivity contribution in [1.82, 2.24) is 10.3 Å². The largest absolute Gasteiger partial charge is 0.365 e. The molecule has 0 unspecified atom stereocenters. The topological polar surface area (TPSA) is 37.3 Å². The number of aliphatic imine (C=N–C) groups is 1. The van der Waals surface area contributed by atoms with Gasteiger partial charge >= 0.3 is 0 Å². The Morgan fingerprint density at radius 1 is 1.24 bits per heavy atom. The van der Waals surface area contributed by atoms with Gasteiger partial charge in [-0.1, -0.05) is 17.7 Å². The molecule has 0 aliphatic carbocycles. The smallest absolute Gasteiger partial charge is 0.159 e. The second-order valence-electron chi connectivity index (χ2n) is 5.99. The van der Waals surface area contributed by atoms with Crippen LogP contribution >= 0.6 is 22.9 Å². The Morgan fingerprint density at radius 3 is 2.80 bits per heavy atom. The van der Waals surface area contributed by atoms with Crippen LogP contribution in [0.3, 0.4) is 0 Å². The maximum Gasteiger partial charge on any atom is 0.159 e. The van der Waals surface area contributed by atoms with Crippen LogP contribution in [-0.2, 0) is 13.1 Å². The summed E-state index contributed by atoms with van der Waals surface area (Å²) in [5.41, 5.74) is 3.63. The Hall–Kier alpha value is -2.05. The number of thiophene rings is 1. The van der Waals surface area contributed by atoms with Crippen molar-refractivity contribution in [3.05, 3.63) is 62.1 Å². The fourth-order valence-corrected chi connectivity index (χ4v) is 4.46. The molecule has 1 aromatic carbocycles. The number of aryl methyl sites for hydroxylation is 2. The summed E-state index contributed by atoms with van der Waals surface area (Å²) in [6.07, 6.45) is 0. The van der Waals surface area contributed by atoms with E-state index in [2.05, 4.69) is 15.3 Å². The third-order valence-corrected chi connectivity index (χ3v) is 6.02. The standard InChI is InChI=1S/C18H14ClF2N3S/c1-8-14-11-7-23-17(16(11)25-18(14)24-9(2)15(8)19)22-6-10-3-4-12(20)13(21)5-10/h3-5H,6-7H2,1-2H3,(H,22,23). The normalized spacial score (nSPS) is 13.2. The highest BCUT2D eigenvalue weighted by Gasteiger charge is 2.24. The molecule has 0 fully saturated rings. The molecule has 2 aromatic heterocycles. The van der Waals surface area contributed by atoms with Crippen molar-refractivity contribution in [1.29, 1.82) is 0 Å². The summed E-state index contributed by atoms with van der Waals surface area (Å²) in [5, 5.41) is 4.99. The number of hydrogen-bond donors (Lipinski definition) is 1. The quantitative estimate of drug-likeness (QED) is 0.690. The van der Waals surface area contributed by atoms with Crippen LogP contribution in [0.2, 0.25) is 5.02 Å². The lowest BCUT2D eigenvalue weighted by molar-refractivity contribution is 0.507. The van der Waals surface area contributed by atoms with Crippen molar-refractivity contribution in [2.75, 3.05) is 0 Å². The first-order chi connectivity index (χ1) is 12.0. The Bertz CT molecular complexity index is 1040. The number of fused-ring (bicyclic) bond motifs is 3. The molecule has 1 N–H and O–H groups in total. The van der Waals surface area contributed by atoms with Gasteiger partial charge in [-0.05, 0) is 37.1 Å². The Labute approximate surface area is 152 Å². The zero-order valence-corrected chi connectivity index (χ0v) is 15.2. The molecule has 1 aliphatic rings. The minimum atomic E-state index is -0.847. The van der Waals surface area contributed by atoms with E-state index in [-0.39, 0.29) is 0 Å². The summed E-state index contributed by atoms with van der Waals surface area (Å²) in [6.45, 7) is 4.84. The van der Waals surface area contributed by atoms with E-state index in [9.17, 15) is 8.78 Å². The third kappa shape index (κ3) is 2.69. The summed E-state index contributed by atoms with van der Waals surface area (Å²) in [7, 11) is 0. The molecule has 0 radical (unpaired) electrons. The summed E-state index contributed by atoms with van der Waals surface area (Å²) >= 11 is 7.92. The van der Waals surface area contributed by atoms with Gasteiger partial charge in [-0.2, -0.15) is 0 Å². The summed E-state index contributed by atoms with van der Waals surface area (Å²) < 4.78 is 26.3. The van der Waals surface area contributed by atoms with E-state index in [0.717, 1.165) is 43.8 Å². The third-order valence-electron chi connectivity index (χ3n) is 4.33. The first-order valence-electron chi connectivity index (χ1n) is 7.76. The van der Waals surface area contributed by atoms with Gasteiger partial charge in [0.1, 0.15) is 10.7 Å². The highest BCUT2D eigenvalue weighted by atomic mass is 35.5. The van der Waals surface area contributed by atoms with Crippen LogP contribution in [0.5, 0.6) is 0 Å². The molecule has 0 atom stereocenters. The van der Waals surface area contributed by atoms with Gasteiger partial charge in [-0.3, -0.25) is 4.99 Å². The van der Waals surface area contributed by atoms with Gasteiger partial charge in [0.2, 0.25) is 0 Å². The molecule has 0 bridgehead atoms. The van der Waals surface area contributed by atoms with Crippen LogP contribution in [0.25, 0.3) is 10.2 Å². The number of aromatic nitrogens is 1. The predicted octanol–water partition coefficient (Wildman–Crippen LogP) is 4.89. The number of rotatable bonds is 2. The molecule has 1 aliphatic heterocycles. The fourth-order valence-electron chi connectivity index (χ4n) is 3.04. The van der Waals surface area contributed by atoms with E-state index >= 15 is 0 Å². The Balaban J connectivity index is 1.64. The van der Waals surface area contributed by atoms with E-state index in [1.807, 2.05) is 13.8 Å². The number of hydrogen-bond acceptors (Lipinski definition) is 4. The SMILES string of the molecule is Cc1nc2sc3c(c2c(C)c1Cl)CN=C3NCc1ccc(F)c(F)c1. The van der Waals surface area contributed by atoms with Gasteiger partial charge in [0.05, 0.1) is 22.1 Å². The number of benzene rings is 1. The molecule has 0 saturated carbocycles. The molecular weight excluding hydrogens is 364 g/mol. The van der Waals surface area contributed by atoms with Crippen molar-refractivity contribution in [2.24, 2.45) is 4.99 Å². The molecule has 3 heterocycles. The number of pyridine rings is 1. The van der Waals surface area contributed by atoms with Crippen molar-refractivity contribution in [2.45, 2.75) is 26.9 Å². The van der Waals surface area contributed by atoms with Crippen LogP contribution in [0.1, 0.15) is 27.3 Å². The lowest BCUT2D eigenvalue weighted by atomic mass is 10.1. The minimum Gasteiger partial charge on any atom is -0.365 e. The van der Waals surface area contributed by atoms with E-state index in [0.29, 0.717) is 23.7 Å². The van der Waals surface area contributed by atoms with Crippen molar-refractivity contribution in [3.8, 4) is 0 Å².